The third-order valence-corrected chi connectivity index (χ3v) is 2.31. The lowest BCUT2D eigenvalue weighted by molar-refractivity contribution is 0.315. The maximum Gasteiger partial charge on any atom is 0.106 e. The van der Waals surface area contributed by atoms with Crippen molar-refractivity contribution in [1.82, 2.24) is 5.32 Å². The second kappa shape index (κ2) is 4.58. The lowest BCUT2D eigenvalue weighted by Gasteiger charge is -2.30. The van der Waals surface area contributed by atoms with Crippen molar-refractivity contribution in [2.24, 2.45) is 0 Å². The summed E-state index contributed by atoms with van der Waals surface area (Å²) in [6, 6.07) is 2.36. The molecule has 1 rings (SSSR count). The Bertz CT molecular complexity index is 145. The van der Waals surface area contributed by atoms with E-state index in [0.717, 1.165) is 19.4 Å². The van der Waals surface area contributed by atoms with E-state index in [1.165, 1.54) is 12.8 Å². The Kier molecular flexibility index (Phi) is 4.48. The average Bonchev–Trinajstić information content (AvgIpc) is 2.06. The summed E-state index contributed by atoms with van der Waals surface area (Å²) in [5, 5.41) is 12.1. The molecule has 1 N–H and O–H groups in total. The van der Waals surface area contributed by atoms with Gasteiger partial charge in [0.2, 0.25) is 0 Å². The Hall–Kier alpha value is -0.260. The number of nitrogens with zero attached hydrogens (tertiary/aromatic N) is 1. The highest BCUT2D eigenvalue weighted by atomic mass is 35.5. The Balaban J connectivity index is 0.000001000. The molecule has 0 saturated carbocycles. The first-order valence-corrected chi connectivity index (χ1v) is 3.99. The first-order valence-electron chi connectivity index (χ1n) is 3.99. The summed E-state index contributed by atoms with van der Waals surface area (Å²) in [6.07, 6.45) is 4.39. The van der Waals surface area contributed by atoms with Crippen molar-refractivity contribution in [3.05, 3.63) is 0 Å². The van der Waals surface area contributed by atoms with Crippen molar-refractivity contribution in [3.63, 3.8) is 0 Å². The molecule has 0 aromatic carbocycles. The van der Waals surface area contributed by atoms with Crippen molar-refractivity contribution in [1.29, 1.82) is 5.26 Å². The van der Waals surface area contributed by atoms with Crippen molar-refractivity contribution in [2.75, 3.05) is 6.54 Å². The Labute approximate surface area is 74.4 Å². The van der Waals surface area contributed by atoms with Gasteiger partial charge >= 0.3 is 0 Å². The van der Waals surface area contributed by atoms with E-state index >= 15 is 0 Å². The molecule has 1 fully saturated rings. The maximum atomic E-state index is 8.83. The standard InChI is InChI=1S/C8H14N2.ClH/c1-2-8(7-9)5-3-4-6-10-8;/h10H,2-6H2,1H3;1H. The fraction of sp³-hybridized carbons (Fsp3) is 0.875. The van der Waals surface area contributed by atoms with E-state index in [1.54, 1.807) is 0 Å². The number of hydrogen-bond donors (Lipinski definition) is 1. The smallest absolute Gasteiger partial charge is 0.106 e. The van der Waals surface area contributed by atoms with Gasteiger partial charge < -0.3 is 0 Å². The van der Waals surface area contributed by atoms with Gasteiger partial charge in [-0.2, -0.15) is 5.26 Å². The predicted molar refractivity (Wildman–Crippen MR) is 47.7 cm³/mol. The van der Waals surface area contributed by atoms with Crippen LogP contribution in [0.3, 0.4) is 0 Å². The lowest BCUT2D eigenvalue weighted by Crippen LogP contribution is -2.46. The van der Waals surface area contributed by atoms with Crippen LogP contribution in [0.4, 0.5) is 0 Å². The second-order valence-corrected chi connectivity index (χ2v) is 2.93. The number of nitriles is 1. The summed E-state index contributed by atoms with van der Waals surface area (Å²) in [5.41, 5.74) is -0.182. The Morgan fingerprint density at radius 1 is 1.55 bits per heavy atom. The van der Waals surface area contributed by atoms with E-state index in [4.69, 9.17) is 5.26 Å². The quantitative estimate of drug-likeness (QED) is 0.659. The van der Waals surface area contributed by atoms with Gasteiger partial charge in [-0.3, -0.25) is 5.32 Å². The first-order chi connectivity index (χ1) is 4.83. The molecule has 2 nitrogen and oxygen atoms in total. The lowest BCUT2D eigenvalue weighted by atomic mass is 9.88. The average molecular weight is 175 g/mol. The van der Waals surface area contributed by atoms with Gasteiger partial charge in [-0.1, -0.05) is 6.92 Å². The van der Waals surface area contributed by atoms with Crippen LogP contribution in [0.5, 0.6) is 0 Å². The van der Waals surface area contributed by atoms with Crippen LogP contribution >= 0.6 is 12.4 Å². The summed E-state index contributed by atoms with van der Waals surface area (Å²) in [5.74, 6) is 0. The predicted octanol–water partition coefficient (Wildman–Crippen LogP) is 1.85. The summed E-state index contributed by atoms with van der Waals surface area (Å²) in [7, 11) is 0. The zero-order valence-electron chi connectivity index (χ0n) is 6.89. The molecule has 1 atom stereocenters. The van der Waals surface area contributed by atoms with Crippen molar-refractivity contribution in [3.8, 4) is 6.07 Å². The Morgan fingerprint density at radius 2 is 2.27 bits per heavy atom. The minimum atomic E-state index is -0.182. The van der Waals surface area contributed by atoms with E-state index in [-0.39, 0.29) is 17.9 Å². The van der Waals surface area contributed by atoms with E-state index in [0.29, 0.717) is 0 Å². The third-order valence-electron chi connectivity index (χ3n) is 2.31. The van der Waals surface area contributed by atoms with Gasteiger partial charge in [-0.15, -0.1) is 12.4 Å². The Morgan fingerprint density at radius 3 is 2.55 bits per heavy atom. The molecule has 0 aromatic heterocycles. The fourth-order valence-electron chi connectivity index (χ4n) is 1.44. The van der Waals surface area contributed by atoms with Gasteiger partial charge in [0.15, 0.2) is 0 Å². The van der Waals surface area contributed by atoms with Crippen molar-refractivity contribution in [2.45, 2.75) is 38.1 Å². The topological polar surface area (TPSA) is 35.8 Å². The van der Waals surface area contributed by atoms with Crippen LogP contribution in [0.2, 0.25) is 0 Å². The van der Waals surface area contributed by atoms with E-state index < -0.39 is 0 Å². The van der Waals surface area contributed by atoms with Gasteiger partial charge in [0.05, 0.1) is 6.07 Å². The summed E-state index contributed by atoms with van der Waals surface area (Å²) in [4.78, 5) is 0. The molecule has 1 unspecified atom stereocenters. The largest absolute Gasteiger partial charge is 0.299 e. The molecule has 1 aliphatic rings. The summed E-state index contributed by atoms with van der Waals surface area (Å²) in [6.45, 7) is 3.09. The van der Waals surface area contributed by atoms with Crippen LogP contribution in [0, 0.1) is 11.3 Å². The van der Waals surface area contributed by atoms with Gasteiger partial charge in [-0.25, -0.2) is 0 Å². The molecule has 0 spiro atoms. The first kappa shape index (κ1) is 10.7. The minimum absolute atomic E-state index is 0. The van der Waals surface area contributed by atoms with Crippen LogP contribution in [-0.4, -0.2) is 12.1 Å². The highest BCUT2D eigenvalue weighted by Crippen LogP contribution is 2.21. The molecule has 3 heteroatoms. The normalized spacial score (nSPS) is 30.2. The molecular formula is C8H15ClN2. The molecule has 0 bridgehead atoms. The minimum Gasteiger partial charge on any atom is -0.299 e. The van der Waals surface area contributed by atoms with Gasteiger partial charge in [-0.05, 0) is 32.2 Å². The zero-order chi connectivity index (χ0) is 7.45. The molecule has 11 heavy (non-hydrogen) atoms. The van der Waals surface area contributed by atoms with E-state index in [9.17, 15) is 0 Å². The molecule has 1 heterocycles. The van der Waals surface area contributed by atoms with Crippen LogP contribution in [0.1, 0.15) is 32.6 Å². The van der Waals surface area contributed by atoms with E-state index in [2.05, 4.69) is 18.3 Å². The summed E-state index contributed by atoms with van der Waals surface area (Å²) < 4.78 is 0. The van der Waals surface area contributed by atoms with Crippen molar-refractivity contribution >= 4 is 12.4 Å². The highest BCUT2D eigenvalue weighted by molar-refractivity contribution is 5.85. The summed E-state index contributed by atoms with van der Waals surface area (Å²) >= 11 is 0. The van der Waals surface area contributed by atoms with Gasteiger partial charge in [0.1, 0.15) is 5.54 Å². The molecular weight excluding hydrogens is 160 g/mol. The molecule has 0 amide bonds. The number of halogens is 1. The number of nitrogens with one attached hydrogen (secondary N) is 1. The fourth-order valence-corrected chi connectivity index (χ4v) is 1.44. The van der Waals surface area contributed by atoms with Crippen LogP contribution in [-0.2, 0) is 0 Å². The van der Waals surface area contributed by atoms with Gasteiger partial charge in [0, 0.05) is 0 Å². The second-order valence-electron chi connectivity index (χ2n) is 2.93. The molecule has 1 aliphatic heterocycles. The number of piperidine rings is 1. The van der Waals surface area contributed by atoms with E-state index in [1.807, 2.05) is 0 Å². The SMILES string of the molecule is CCC1(C#N)CCCCN1.Cl. The highest BCUT2D eigenvalue weighted by Gasteiger charge is 2.28. The molecule has 0 aliphatic carbocycles. The van der Waals surface area contributed by atoms with Crippen molar-refractivity contribution < 1.29 is 0 Å². The number of rotatable bonds is 1. The molecule has 0 aromatic rings. The van der Waals surface area contributed by atoms with Crippen LogP contribution in [0.25, 0.3) is 0 Å². The molecule has 1 saturated heterocycles. The molecule has 64 valence electrons. The van der Waals surface area contributed by atoms with Crippen LogP contribution < -0.4 is 5.32 Å². The third kappa shape index (κ3) is 2.36. The zero-order valence-corrected chi connectivity index (χ0v) is 7.71. The maximum absolute atomic E-state index is 8.83. The van der Waals surface area contributed by atoms with Crippen LogP contribution in [0.15, 0.2) is 0 Å². The molecule has 0 radical (unpaired) electrons. The number of hydrogen-bond acceptors (Lipinski definition) is 2. The monoisotopic (exact) mass is 174 g/mol. The van der Waals surface area contributed by atoms with Gasteiger partial charge in [0.25, 0.3) is 0 Å².